The van der Waals surface area contributed by atoms with Crippen molar-refractivity contribution in [3.63, 3.8) is 0 Å². The van der Waals surface area contributed by atoms with Crippen LogP contribution < -0.4 is 0 Å². The maximum Gasteiger partial charge on any atom is 0.255 e. The van der Waals surface area contributed by atoms with Crippen LogP contribution >= 0.6 is 27.5 Å². The minimum atomic E-state index is 0.151. The number of hydrogen-bond acceptors (Lipinski definition) is 1. The summed E-state index contributed by atoms with van der Waals surface area (Å²) in [5.74, 6) is 0.877. The van der Waals surface area contributed by atoms with Gasteiger partial charge in [-0.1, -0.05) is 24.4 Å². The summed E-state index contributed by atoms with van der Waals surface area (Å²) in [6.45, 7) is 0.906. The Bertz CT molecular complexity index is 505. The summed E-state index contributed by atoms with van der Waals surface area (Å²) in [6.07, 6.45) is 6.21. The predicted molar refractivity (Wildman–Crippen MR) is 80.6 cm³/mol. The van der Waals surface area contributed by atoms with Crippen molar-refractivity contribution < 1.29 is 4.79 Å². The van der Waals surface area contributed by atoms with Crippen molar-refractivity contribution in [2.24, 2.45) is 5.92 Å². The Balaban J connectivity index is 1.83. The van der Waals surface area contributed by atoms with Gasteiger partial charge in [0, 0.05) is 22.1 Å². The van der Waals surface area contributed by atoms with Crippen molar-refractivity contribution in [1.82, 2.24) is 4.90 Å². The molecule has 102 valence electrons. The molecule has 1 aliphatic carbocycles. The summed E-state index contributed by atoms with van der Waals surface area (Å²) >= 11 is 9.39. The normalized spacial score (nSPS) is 26.3. The zero-order valence-corrected chi connectivity index (χ0v) is 13.1. The predicted octanol–water partition coefficient (Wildman–Crippen LogP) is 4.51. The molecule has 3 rings (SSSR count). The van der Waals surface area contributed by atoms with Crippen molar-refractivity contribution in [2.75, 3.05) is 6.54 Å². The second-order valence-electron chi connectivity index (χ2n) is 5.52. The number of fused-ring (bicyclic) bond motifs is 1. The number of halogens is 2. The highest BCUT2D eigenvalue weighted by Crippen LogP contribution is 2.37. The van der Waals surface area contributed by atoms with Gasteiger partial charge in [-0.2, -0.15) is 0 Å². The van der Waals surface area contributed by atoms with Crippen molar-refractivity contribution in [2.45, 2.75) is 38.1 Å². The molecule has 0 radical (unpaired) electrons. The molecule has 1 saturated heterocycles. The fourth-order valence-electron chi connectivity index (χ4n) is 3.48. The van der Waals surface area contributed by atoms with E-state index in [9.17, 15) is 4.79 Å². The van der Waals surface area contributed by atoms with Crippen LogP contribution in [0.3, 0.4) is 0 Å². The maximum atomic E-state index is 12.7. The van der Waals surface area contributed by atoms with Gasteiger partial charge >= 0.3 is 0 Å². The van der Waals surface area contributed by atoms with E-state index in [2.05, 4.69) is 20.8 Å². The molecule has 2 atom stereocenters. The lowest BCUT2D eigenvalue weighted by Gasteiger charge is -2.31. The average Bonchev–Trinajstić information content (AvgIpc) is 2.82. The van der Waals surface area contributed by atoms with Crippen molar-refractivity contribution in [3.8, 4) is 0 Å². The number of amides is 1. The molecule has 0 spiro atoms. The standard InChI is InChI=1S/C15H17BrClNO/c16-13-9-11(17)5-6-12(13)15(19)18-8-7-10-3-1-2-4-14(10)18/h5-6,9-10,14H,1-4,7-8H2. The molecule has 0 aromatic heterocycles. The topological polar surface area (TPSA) is 20.3 Å². The summed E-state index contributed by atoms with van der Waals surface area (Å²) < 4.78 is 0.796. The molecule has 1 amide bonds. The summed E-state index contributed by atoms with van der Waals surface area (Å²) in [7, 11) is 0. The van der Waals surface area contributed by atoms with Gasteiger partial charge in [0.05, 0.1) is 5.56 Å². The van der Waals surface area contributed by atoms with Crippen LogP contribution in [0.25, 0.3) is 0 Å². The molecule has 0 N–H and O–H groups in total. The van der Waals surface area contributed by atoms with E-state index < -0.39 is 0 Å². The molecular weight excluding hydrogens is 326 g/mol. The van der Waals surface area contributed by atoms with E-state index in [1.807, 2.05) is 6.07 Å². The van der Waals surface area contributed by atoms with Gasteiger partial charge in [-0.15, -0.1) is 0 Å². The minimum absolute atomic E-state index is 0.151. The molecule has 19 heavy (non-hydrogen) atoms. The number of hydrogen-bond donors (Lipinski definition) is 0. The van der Waals surface area contributed by atoms with Crippen LogP contribution in [-0.2, 0) is 0 Å². The van der Waals surface area contributed by atoms with E-state index in [0.29, 0.717) is 11.1 Å². The molecular formula is C15H17BrClNO. The largest absolute Gasteiger partial charge is 0.335 e. The van der Waals surface area contributed by atoms with E-state index in [0.717, 1.165) is 22.5 Å². The summed E-state index contributed by atoms with van der Waals surface area (Å²) in [4.78, 5) is 14.8. The molecule has 2 fully saturated rings. The van der Waals surface area contributed by atoms with Crippen molar-refractivity contribution in [3.05, 3.63) is 33.3 Å². The Kier molecular flexibility index (Phi) is 3.86. The quantitative estimate of drug-likeness (QED) is 0.735. The van der Waals surface area contributed by atoms with Crippen LogP contribution in [0.1, 0.15) is 42.5 Å². The van der Waals surface area contributed by atoms with Gasteiger partial charge < -0.3 is 4.90 Å². The first-order valence-corrected chi connectivity index (χ1v) is 8.10. The monoisotopic (exact) mass is 341 g/mol. The Morgan fingerprint density at radius 1 is 1.26 bits per heavy atom. The zero-order valence-electron chi connectivity index (χ0n) is 10.7. The van der Waals surface area contributed by atoms with Crippen LogP contribution in [-0.4, -0.2) is 23.4 Å². The summed E-state index contributed by atoms with van der Waals surface area (Å²) in [5, 5.41) is 0.653. The van der Waals surface area contributed by atoms with Crippen molar-refractivity contribution in [1.29, 1.82) is 0 Å². The van der Waals surface area contributed by atoms with Crippen LogP contribution in [0, 0.1) is 5.92 Å². The number of carbonyl (C=O) groups is 1. The van der Waals surface area contributed by atoms with Crippen LogP contribution in [0.5, 0.6) is 0 Å². The first kappa shape index (κ1) is 13.4. The lowest BCUT2D eigenvalue weighted by molar-refractivity contribution is 0.0689. The zero-order chi connectivity index (χ0) is 13.4. The number of benzene rings is 1. The highest BCUT2D eigenvalue weighted by atomic mass is 79.9. The second kappa shape index (κ2) is 5.45. The third-order valence-electron chi connectivity index (χ3n) is 4.43. The molecule has 1 saturated carbocycles. The van der Waals surface area contributed by atoms with E-state index in [1.54, 1.807) is 12.1 Å². The highest BCUT2D eigenvalue weighted by Gasteiger charge is 2.38. The number of carbonyl (C=O) groups excluding carboxylic acids is 1. The fraction of sp³-hybridized carbons (Fsp3) is 0.533. The Morgan fingerprint density at radius 3 is 2.84 bits per heavy atom. The van der Waals surface area contributed by atoms with E-state index in [4.69, 9.17) is 11.6 Å². The SMILES string of the molecule is O=C(c1ccc(Cl)cc1Br)N1CCC2CCCCC21. The number of nitrogens with zero attached hydrogens (tertiary/aromatic N) is 1. The van der Waals surface area contributed by atoms with Gasteiger partial charge in [-0.25, -0.2) is 0 Å². The average molecular weight is 343 g/mol. The highest BCUT2D eigenvalue weighted by molar-refractivity contribution is 9.10. The minimum Gasteiger partial charge on any atom is -0.335 e. The van der Waals surface area contributed by atoms with Crippen LogP contribution in [0.15, 0.2) is 22.7 Å². The summed E-state index contributed by atoms with van der Waals surface area (Å²) in [6, 6.07) is 5.87. The van der Waals surface area contributed by atoms with Gasteiger partial charge in [0.15, 0.2) is 0 Å². The van der Waals surface area contributed by atoms with E-state index in [-0.39, 0.29) is 5.91 Å². The van der Waals surface area contributed by atoms with Gasteiger partial charge in [0.25, 0.3) is 5.91 Å². The van der Waals surface area contributed by atoms with Crippen LogP contribution in [0.4, 0.5) is 0 Å². The van der Waals surface area contributed by atoms with Crippen molar-refractivity contribution >= 4 is 33.4 Å². The Hall–Kier alpha value is -0.540. The van der Waals surface area contributed by atoms with Crippen LogP contribution in [0.2, 0.25) is 5.02 Å². The molecule has 4 heteroatoms. The first-order valence-electron chi connectivity index (χ1n) is 6.93. The molecule has 0 bridgehead atoms. The third-order valence-corrected chi connectivity index (χ3v) is 5.32. The molecule has 1 aromatic carbocycles. The maximum absolute atomic E-state index is 12.7. The molecule has 1 heterocycles. The van der Waals surface area contributed by atoms with Gasteiger partial charge in [-0.3, -0.25) is 4.79 Å². The van der Waals surface area contributed by atoms with Gasteiger partial charge in [0.2, 0.25) is 0 Å². The lowest BCUT2D eigenvalue weighted by atomic mass is 9.85. The Morgan fingerprint density at radius 2 is 2.05 bits per heavy atom. The molecule has 2 nitrogen and oxygen atoms in total. The first-order chi connectivity index (χ1) is 9.16. The molecule has 2 aliphatic rings. The smallest absolute Gasteiger partial charge is 0.255 e. The number of likely N-dealkylation sites (tertiary alicyclic amines) is 1. The van der Waals surface area contributed by atoms with Gasteiger partial charge in [0.1, 0.15) is 0 Å². The second-order valence-corrected chi connectivity index (χ2v) is 6.81. The summed E-state index contributed by atoms with van der Waals surface area (Å²) in [5.41, 5.74) is 0.732. The molecule has 1 aliphatic heterocycles. The fourth-order valence-corrected chi connectivity index (χ4v) is 4.33. The number of rotatable bonds is 1. The third kappa shape index (κ3) is 2.55. The molecule has 1 aromatic rings. The molecule has 2 unspecified atom stereocenters. The van der Waals surface area contributed by atoms with E-state index in [1.165, 1.54) is 32.1 Å². The lowest BCUT2D eigenvalue weighted by Crippen LogP contribution is -2.39. The van der Waals surface area contributed by atoms with Gasteiger partial charge in [-0.05, 0) is 59.3 Å². The van der Waals surface area contributed by atoms with E-state index >= 15 is 0 Å². The Labute approximate surface area is 127 Å².